The lowest BCUT2D eigenvalue weighted by Gasteiger charge is -2.08. The molecule has 2 aromatic heterocycles. The van der Waals surface area contributed by atoms with E-state index in [1.165, 1.54) is 18.5 Å². The zero-order valence-electron chi connectivity index (χ0n) is 15.2. The molecule has 0 radical (unpaired) electrons. The molecule has 0 bridgehead atoms. The number of nitrogens with zero attached hydrogens (tertiary/aromatic N) is 3. The third kappa shape index (κ3) is 3.71. The summed E-state index contributed by atoms with van der Waals surface area (Å²) in [5, 5.41) is 7.84. The van der Waals surface area contributed by atoms with Crippen molar-refractivity contribution in [3.8, 4) is 0 Å². The van der Waals surface area contributed by atoms with Crippen LogP contribution >= 0.6 is 0 Å². The first kappa shape index (κ1) is 18.7. The zero-order chi connectivity index (χ0) is 20.6. The van der Waals surface area contributed by atoms with Crippen LogP contribution in [0.3, 0.4) is 0 Å². The standard InChI is InChI=1S/C20H15F3N4O2/c1-12-17(29-11-24-12)19(28)25-18-15-4-2-3-5-16(15)27(26-18)10-13-6-8-14(9-7-13)20(21,22)23/h2-9,11H,10H2,1H3,(H,25,26,28). The molecule has 0 unspecified atom stereocenters. The van der Waals surface area contributed by atoms with Crippen LogP contribution in [0.5, 0.6) is 0 Å². The van der Waals surface area contributed by atoms with Gasteiger partial charge in [-0.25, -0.2) is 4.98 Å². The number of benzene rings is 2. The largest absolute Gasteiger partial charge is 0.438 e. The van der Waals surface area contributed by atoms with Gasteiger partial charge in [-0.05, 0) is 36.8 Å². The molecule has 9 heteroatoms. The van der Waals surface area contributed by atoms with Gasteiger partial charge in [-0.15, -0.1) is 0 Å². The fraction of sp³-hybridized carbons (Fsp3) is 0.150. The van der Waals surface area contributed by atoms with Crippen molar-refractivity contribution in [1.82, 2.24) is 14.8 Å². The molecule has 0 spiro atoms. The fourth-order valence-corrected chi connectivity index (χ4v) is 3.00. The molecular weight excluding hydrogens is 385 g/mol. The number of halogens is 3. The topological polar surface area (TPSA) is 73.0 Å². The van der Waals surface area contributed by atoms with Gasteiger partial charge < -0.3 is 9.73 Å². The molecule has 0 aliphatic rings. The Morgan fingerprint density at radius 1 is 1.14 bits per heavy atom. The van der Waals surface area contributed by atoms with Crippen molar-refractivity contribution in [3.05, 3.63) is 77.5 Å². The normalized spacial score (nSPS) is 11.7. The first-order valence-electron chi connectivity index (χ1n) is 8.66. The van der Waals surface area contributed by atoms with Gasteiger partial charge in [0.05, 0.1) is 23.3 Å². The number of alkyl halides is 3. The van der Waals surface area contributed by atoms with Crippen molar-refractivity contribution in [2.24, 2.45) is 0 Å². The van der Waals surface area contributed by atoms with E-state index in [0.717, 1.165) is 17.6 Å². The smallest absolute Gasteiger partial charge is 0.416 e. The van der Waals surface area contributed by atoms with E-state index < -0.39 is 17.6 Å². The second kappa shape index (κ2) is 7.08. The Labute approximate surface area is 163 Å². The number of nitrogens with one attached hydrogen (secondary N) is 1. The summed E-state index contributed by atoms with van der Waals surface area (Å²) in [6.07, 6.45) is -3.20. The number of carbonyl (C=O) groups excluding carboxylic acids is 1. The minimum Gasteiger partial charge on any atom is -0.438 e. The molecule has 29 heavy (non-hydrogen) atoms. The Bertz CT molecular complexity index is 1180. The maximum absolute atomic E-state index is 12.8. The van der Waals surface area contributed by atoms with Crippen LogP contribution in [0.25, 0.3) is 10.9 Å². The third-order valence-corrected chi connectivity index (χ3v) is 4.46. The fourth-order valence-electron chi connectivity index (χ4n) is 3.00. The molecule has 1 amide bonds. The van der Waals surface area contributed by atoms with Crippen molar-refractivity contribution >= 4 is 22.6 Å². The number of rotatable bonds is 4. The Morgan fingerprint density at radius 2 is 1.86 bits per heavy atom. The average molecular weight is 400 g/mol. The van der Waals surface area contributed by atoms with Crippen LogP contribution in [0.2, 0.25) is 0 Å². The summed E-state index contributed by atoms with van der Waals surface area (Å²) in [6, 6.07) is 12.1. The van der Waals surface area contributed by atoms with Crippen LogP contribution in [0, 0.1) is 6.92 Å². The monoisotopic (exact) mass is 400 g/mol. The highest BCUT2D eigenvalue weighted by Gasteiger charge is 2.30. The van der Waals surface area contributed by atoms with Crippen LogP contribution in [0.15, 0.2) is 59.3 Å². The second-order valence-electron chi connectivity index (χ2n) is 6.44. The van der Waals surface area contributed by atoms with Crippen LogP contribution in [0.4, 0.5) is 19.0 Å². The van der Waals surface area contributed by atoms with E-state index in [4.69, 9.17) is 4.42 Å². The molecule has 2 aromatic carbocycles. The minimum atomic E-state index is -4.38. The van der Waals surface area contributed by atoms with E-state index in [9.17, 15) is 18.0 Å². The van der Waals surface area contributed by atoms with Gasteiger partial charge in [0.15, 0.2) is 12.2 Å². The molecule has 2 heterocycles. The number of para-hydroxylation sites is 1. The van der Waals surface area contributed by atoms with Crippen molar-refractivity contribution in [1.29, 1.82) is 0 Å². The third-order valence-electron chi connectivity index (χ3n) is 4.46. The molecule has 0 atom stereocenters. The van der Waals surface area contributed by atoms with E-state index in [-0.39, 0.29) is 12.3 Å². The van der Waals surface area contributed by atoms with Crippen LogP contribution in [0.1, 0.15) is 27.4 Å². The van der Waals surface area contributed by atoms with E-state index in [1.54, 1.807) is 17.7 Å². The molecule has 148 valence electrons. The van der Waals surface area contributed by atoms with Gasteiger partial charge in [0.2, 0.25) is 5.76 Å². The molecule has 0 aliphatic heterocycles. The second-order valence-corrected chi connectivity index (χ2v) is 6.44. The number of oxazole rings is 1. The van der Waals surface area contributed by atoms with Crippen molar-refractivity contribution in [2.45, 2.75) is 19.6 Å². The highest BCUT2D eigenvalue weighted by atomic mass is 19.4. The number of fused-ring (bicyclic) bond motifs is 1. The van der Waals surface area contributed by atoms with Crippen molar-refractivity contribution in [2.75, 3.05) is 5.32 Å². The Kier molecular flexibility index (Phi) is 4.57. The predicted molar refractivity (Wildman–Crippen MR) is 99.5 cm³/mol. The number of aryl methyl sites for hydroxylation is 1. The number of carbonyl (C=O) groups is 1. The van der Waals surface area contributed by atoms with E-state index in [1.807, 2.05) is 18.2 Å². The SMILES string of the molecule is Cc1ncoc1C(=O)Nc1nn(Cc2ccc(C(F)(F)F)cc2)c2ccccc12. The summed E-state index contributed by atoms with van der Waals surface area (Å²) < 4.78 is 45.0. The maximum atomic E-state index is 12.8. The van der Waals surface area contributed by atoms with Gasteiger partial charge >= 0.3 is 6.18 Å². The number of hydrogen-bond donors (Lipinski definition) is 1. The highest BCUT2D eigenvalue weighted by Crippen LogP contribution is 2.29. The first-order valence-corrected chi connectivity index (χ1v) is 8.66. The molecule has 0 aliphatic carbocycles. The first-order chi connectivity index (χ1) is 13.8. The zero-order valence-corrected chi connectivity index (χ0v) is 15.2. The van der Waals surface area contributed by atoms with Gasteiger partial charge in [-0.1, -0.05) is 24.3 Å². The summed E-state index contributed by atoms with van der Waals surface area (Å²) in [7, 11) is 0. The maximum Gasteiger partial charge on any atom is 0.416 e. The van der Waals surface area contributed by atoms with Crippen molar-refractivity contribution in [3.63, 3.8) is 0 Å². The van der Waals surface area contributed by atoms with Gasteiger partial charge in [-0.3, -0.25) is 9.48 Å². The highest BCUT2D eigenvalue weighted by molar-refractivity contribution is 6.06. The van der Waals surface area contributed by atoms with Gasteiger partial charge in [0.1, 0.15) is 0 Å². The van der Waals surface area contributed by atoms with Crippen molar-refractivity contribution < 1.29 is 22.4 Å². The predicted octanol–water partition coefficient (Wildman–Crippen LogP) is 4.65. The van der Waals surface area contributed by atoms with Crippen LogP contribution in [-0.2, 0) is 12.7 Å². The summed E-state index contributed by atoms with van der Waals surface area (Å²) in [5.74, 6) is -0.0652. The Balaban J connectivity index is 1.64. The molecule has 1 N–H and O–H groups in total. The molecule has 4 aromatic rings. The number of hydrogen-bond acceptors (Lipinski definition) is 4. The van der Waals surface area contributed by atoms with E-state index >= 15 is 0 Å². The van der Waals surface area contributed by atoms with E-state index in [0.29, 0.717) is 22.5 Å². The Hall–Kier alpha value is -3.62. The number of anilines is 1. The number of amides is 1. The van der Waals surface area contributed by atoms with Gasteiger partial charge in [0.25, 0.3) is 5.91 Å². The Morgan fingerprint density at radius 3 is 2.52 bits per heavy atom. The quantitative estimate of drug-likeness (QED) is 0.541. The summed E-state index contributed by atoms with van der Waals surface area (Å²) >= 11 is 0. The van der Waals surface area contributed by atoms with Crippen LogP contribution < -0.4 is 5.32 Å². The summed E-state index contributed by atoms with van der Waals surface area (Å²) in [6.45, 7) is 1.90. The molecule has 6 nitrogen and oxygen atoms in total. The van der Waals surface area contributed by atoms with Crippen LogP contribution in [-0.4, -0.2) is 20.7 Å². The summed E-state index contributed by atoms with van der Waals surface area (Å²) in [5.41, 5.74) is 1.13. The lowest BCUT2D eigenvalue weighted by molar-refractivity contribution is -0.137. The van der Waals surface area contributed by atoms with E-state index in [2.05, 4.69) is 15.4 Å². The molecule has 0 saturated heterocycles. The molecular formula is C20H15F3N4O2. The van der Waals surface area contributed by atoms with Gasteiger partial charge in [-0.2, -0.15) is 18.3 Å². The number of aromatic nitrogens is 3. The minimum absolute atomic E-state index is 0.0892. The summed E-state index contributed by atoms with van der Waals surface area (Å²) in [4.78, 5) is 16.3. The lowest BCUT2D eigenvalue weighted by atomic mass is 10.1. The molecule has 0 fully saturated rings. The lowest BCUT2D eigenvalue weighted by Crippen LogP contribution is -2.13. The molecule has 0 saturated carbocycles. The van der Waals surface area contributed by atoms with Gasteiger partial charge in [0, 0.05) is 5.39 Å². The average Bonchev–Trinajstić information content (AvgIpc) is 3.26. The molecule has 4 rings (SSSR count).